The molecule has 0 heterocycles. The highest BCUT2D eigenvalue weighted by Crippen LogP contribution is 2.23. The summed E-state index contributed by atoms with van der Waals surface area (Å²) in [4.78, 5) is 11.9. The molecular formula is C16H16ClNO2S. The van der Waals surface area contributed by atoms with Crippen LogP contribution in [-0.2, 0) is 11.4 Å². The Morgan fingerprint density at radius 3 is 2.81 bits per heavy atom. The first-order valence-electron chi connectivity index (χ1n) is 6.46. The molecule has 0 spiro atoms. The van der Waals surface area contributed by atoms with E-state index in [1.807, 2.05) is 49.4 Å². The third kappa shape index (κ3) is 4.99. The van der Waals surface area contributed by atoms with Crippen molar-refractivity contribution in [3.05, 3.63) is 58.6 Å². The second-order valence-corrected chi connectivity index (χ2v) is 5.92. The van der Waals surface area contributed by atoms with Crippen LogP contribution >= 0.6 is 23.5 Å². The molecule has 0 unspecified atom stereocenters. The van der Waals surface area contributed by atoms with Crippen LogP contribution in [0, 0.1) is 6.92 Å². The molecule has 21 heavy (non-hydrogen) atoms. The number of carbonyl (C=O) groups excluding carboxylic acids is 1. The van der Waals surface area contributed by atoms with Gasteiger partial charge >= 0.3 is 0 Å². The fourth-order valence-electron chi connectivity index (χ4n) is 1.77. The molecule has 2 aromatic carbocycles. The summed E-state index contributed by atoms with van der Waals surface area (Å²) in [6, 6.07) is 13.4. The van der Waals surface area contributed by atoms with E-state index in [4.69, 9.17) is 16.3 Å². The van der Waals surface area contributed by atoms with Crippen LogP contribution in [-0.4, -0.2) is 5.91 Å². The lowest BCUT2D eigenvalue weighted by Crippen LogP contribution is -2.09. The van der Waals surface area contributed by atoms with Gasteiger partial charge in [0.1, 0.15) is 12.4 Å². The lowest BCUT2D eigenvalue weighted by Gasteiger charge is -2.10. The van der Waals surface area contributed by atoms with E-state index in [-0.39, 0.29) is 5.91 Å². The lowest BCUT2D eigenvalue weighted by molar-refractivity contribution is -0.117. The number of amides is 1. The van der Waals surface area contributed by atoms with E-state index in [1.165, 1.54) is 18.9 Å². The SMILES string of the molecule is CC(=O)NSc1cccc(COc2ccc(Cl)cc2C)c1. The van der Waals surface area contributed by atoms with E-state index < -0.39 is 0 Å². The maximum Gasteiger partial charge on any atom is 0.226 e. The average molecular weight is 322 g/mol. The van der Waals surface area contributed by atoms with E-state index in [0.717, 1.165) is 21.8 Å². The van der Waals surface area contributed by atoms with E-state index in [1.54, 1.807) is 0 Å². The smallest absolute Gasteiger partial charge is 0.226 e. The van der Waals surface area contributed by atoms with Crippen molar-refractivity contribution in [1.29, 1.82) is 0 Å². The number of rotatable bonds is 5. The fraction of sp³-hybridized carbons (Fsp3) is 0.188. The van der Waals surface area contributed by atoms with Crippen LogP contribution in [0.4, 0.5) is 0 Å². The molecule has 5 heteroatoms. The van der Waals surface area contributed by atoms with Gasteiger partial charge in [0.05, 0.1) is 0 Å². The first-order valence-corrected chi connectivity index (χ1v) is 7.65. The van der Waals surface area contributed by atoms with Crippen LogP contribution in [0.1, 0.15) is 18.1 Å². The van der Waals surface area contributed by atoms with E-state index in [0.29, 0.717) is 11.6 Å². The number of carbonyl (C=O) groups is 1. The maximum absolute atomic E-state index is 10.9. The molecule has 2 rings (SSSR count). The molecule has 0 radical (unpaired) electrons. The van der Waals surface area contributed by atoms with Gasteiger partial charge in [-0.2, -0.15) is 0 Å². The molecular weight excluding hydrogens is 306 g/mol. The summed E-state index contributed by atoms with van der Waals surface area (Å²) in [5.74, 6) is 0.748. The average Bonchev–Trinajstić information content (AvgIpc) is 2.45. The number of nitrogens with one attached hydrogen (secondary N) is 1. The monoisotopic (exact) mass is 321 g/mol. The third-order valence-electron chi connectivity index (χ3n) is 2.74. The first-order chi connectivity index (χ1) is 10.0. The highest BCUT2D eigenvalue weighted by Gasteiger charge is 2.03. The molecule has 2 aromatic rings. The molecule has 3 nitrogen and oxygen atoms in total. The van der Waals surface area contributed by atoms with E-state index in [9.17, 15) is 4.79 Å². The van der Waals surface area contributed by atoms with Crippen LogP contribution in [0.2, 0.25) is 5.02 Å². The van der Waals surface area contributed by atoms with Crippen molar-refractivity contribution in [2.75, 3.05) is 0 Å². The van der Waals surface area contributed by atoms with Gasteiger partial charge in [0.15, 0.2) is 0 Å². The van der Waals surface area contributed by atoms with Crippen molar-refractivity contribution in [1.82, 2.24) is 4.72 Å². The minimum Gasteiger partial charge on any atom is -0.489 e. The molecule has 1 amide bonds. The van der Waals surface area contributed by atoms with E-state index >= 15 is 0 Å². The summed E-state index contributed by atoms with van der Waals surface area (Å²) in [6.07, 6.45) is 0. The normalized spacial score (nSPS) is 10.2. The van der Waals surface area contributed by atoms with Gasteiger partial charge in [-0.15, -0.1) is 0 Å². The van der Waals surface area contributed by atoms with Gasteiger partial charge in [0.2, 0.25) is 5.91 Å². The first kappa shape index (κ1) is 15.7. The summed E-state index contributed by atoms with van der Waals surface area (Å²) in [7, 11) is 0. The zero-order chi connectivity index (χ0) is 15.2. The zero-order valence-electron chi connectivity index (χ0n) is 11.9. The summed E-state index contributed by atoms with van der Waals surface area (Å²) in [5.41, 5.74) is 2.05. The molecule has 0 aliphatic rings. The lowest BCUT2D eigenvalue weighted by atomic mass is 10.2. The molecule has 0 saturated carbocycles. The molecule has 1 N–H and O–H groups in total. The Labute approximate surface area is 133 Å². The molecule has 0 aliphatic heterocycles. The topological polar surface area (TPSA) is 38.3 Å². The summed E-state index contributed by atoms with van der Waals surface area (Å²) >= 11 is 7.22. The Kier molecular flexibility index (Phi) is 5.53. The quantitative estimate of drug-likeness (QED) is 0.831. The van der Waals surface area contributed by atoms with Crippen molar-refractivity contribution in [2.24, 2.45) is 0 Å². The van der Waals surface area contributed by atoms with Crippen molar-refractivity contribution >= 4 is 29.5 Å². The van der Waals surface area contributed by atoms with Gasteiger partial charge < -0.3 is 4.74 Å². The Morgan fingerprint density at radius 1 is 1.29 bits per heavy atom. The second-order valence-electron chi connectivity index (χ2n) is 4.61. The summed E-state index contributed by atoms with van der Waals surface area (Å²) < 4.78 is 8.50. The van der Waals surface area contributed by atoms with E-state index in [2.05, 4.69) is 4.72 Å². The van der Waals surface area contributed by atoms with Gasteiger partial charge in [-0.05, 0) is 60.3 Å². The molecule has 0 fully saturated rings. The number of halogens is 1. The molecule has 0 aliphatic carbocycles. The third-order valence-corrected chi connectivity index (χ3v) is 3.86. The molecule has 0 saturated heterocycles. The summed E-state index contributed by atoms with van der Waals surface area (Å²) in [5, 5.41) is 0.702. The largest absolute Gasteiger partial charge is 0.489 e. The van der Waals surface area contributed by atoms with Gasteiger partial charge in [-0.25, -0.2) is 0 Å². The minimum atomic E-state index is -0.0709. The van der Waals surface area contributed by atoms with Gasteiger partial charge in [-0.1, -0.05) is 23.7 Å². The molecule has 0 aromatic heterocycles. The van der Waals surface area contributed by atoms with Gasteiger partial charge in [0, 0.05) is 16.8 Å². The zero-order valence-corrected chi connectivity index (χ0v) is 13.4. The van der Waals surface area contributed by atoms with Crippen molar-refractivity contribution in [3.8, 4) is 5.75 Å². The number of hydrogen-bond acceptors (Lipinski definition) is 3. The van der Waals surface area contributed by atoms with Crippen LogP contribution in [0.15, 0.2) is 47.4 Å². The Hall–Kier alpha value is -1.65. The Morgan fingerprint density at radius 2 is 2.10 bits per heavy atom. The van der Waals surface area contributed by atoms with Gasteiger partial charge in [0.25, 0.3) is 0 Å². The summed E-state index contributed by atoms with van der Waals surface area (Å²) in [6.45, 7) is 3.92. The predicted molar refractivity (Wildman–Crippen MR) is 86.6 cm³/mol. The highest BCUT2D eigenvalue weighted by molar-refractivity contribution is 7.98. The van der Waals surface area contributed by atoms with Crippen LogP contribution in [0.5, 0.6) is 5.75 Å². The predicted octanol–water partition coefficient (Wildman–Crippen LogP) is 4.37. The van der Waals surface area contributed by atoms with Crippen LogP contribution in [0.3, 0.4) is 0 Å². The number of hydrogen-bond donors (Lipinski definition) is 1. The Bertz CT molecular complexity index is 646. The van der Waals surface area contributed by atoms with Crippen LogP contribution in [0.25, 0.3) is 0 Å². The molecule has 110 valence electrons. The highest BCUT2D eigenvalue weighted by atomic mass is 35.5. The number of benzene rings is 2. The maximum atomic E-state index is 10.9. The van der Waals surface area contributed by atoms with Crippen molar-refractivity contribution in [3.63, 3.8) is 0 Å². The van der Waals surface area contributed by atoms with Crippen LogP contribution < -0.4 is 9.46 Å². The standard InChI is InChI=1S/C16H16ClNO2S/c1-11-8-14(17)6-7-16(11)20-10-13-4-3-5-15(9-13)21-18-12(2)19/h3-9H,10H2,1-2H3,(H,18,19). The fourth-order valence-corrected chi connectivity index (χ4v) is 2.61. The van der Waals surface area contributed by atoms with Crippen molar-refractivity contribution < 1.29 is 9.53 Å². The minimum absolute atomic E-state index is 0.0709. The second kappa shape index (κ2) is 7.38. The Balaban J connectivity index is 1.99. The van der Waals surface area contributed by atoms with Gasteiger partial charge in [-0.3, -0.25) is 9.52 Å². The molecule has 0 atom stereocenters. The number of ether oxygens (including phenoxy) is 1. The van der Waals surface area contributed by atoms with Crippen molar-refractivity contribution in [2.45, 2.75) is 25.3 Å². The molecule has 0 bridgehead atoms. The number of aryl methyl sites for hydroxylation is 1.